The van der Waals surface area contributed by atoms with Crippen molar-refractivity contribution in [3.05, 3.63) is 65.2 Å². The van der Waals surface area contributed by atoms with Gasteiger partial charge >= 0.3 is 6.36 Å². The summed E-state index contributed by atoms with van der Waals surface area (Å²) in [6.07, 6.45) is -4.72. The highest BCUT2D eigenvalue weighted by Gasteiger charge is 2.30. The lowest BCUT2D eigenvalue weighted by molar-refractivity contribution is -0.274. The van der Waals surface area contributed by atoms with E-state index < -0.39 is 6.36 Å². The van der Waals surface area contributed by atoms with Crippen molar-refractivity contribution in [1.82, 2.24) is 10.6 Å². The van der Waals surface area contributed by atoms with Crippen molar-refractivity contribution < 1.29 is 22.7 Å². The van der Waals surface area contributed by atoms with Crippen LogP contribution in [0.15, 0.2) is 53.5 Å². The molecule has 6 nitrogen and oxygen atoms in total. The number of hydrogen-bond donors (Lipinski definition) is 3. The second-order valence-electron chi connectivity index (χ2n) is 7.65. The maximum absolute atomic E-state index is 12.3. The minimum Gasteiger partial charge on any atom is -0.406 e. The van der Waals surface area contributed by atoms with E-state index in [4.69, 9.17) is 5.73 Å². The average Bonchev–Trinajstić information content (AvgIpc) is 2.63. The molecule has 0 heterocycles. The van der Waals surface area contributed by atoms with E-state index >= 15 is 0 Å². The molecule has 0 saturated heterocycles. The molecule has 162 valence electrons. The Kier molecular flexibility index (Phi) is 7.31. The topological polar surface area (TPSA) is 88.7 Å². The standard InChI is InChI=1S/C21H25F3N4O2/c1-20(2,3)28-18(29)16-6-4-5-15(11-16)13-27-19(25)26-12-14-7-9-17(10-8-14)30-21(22,23)24/h4-11H,12-13H2,1-3H3,(H,28,29)(H3,25,26,27). The lowest BCUT2D eigenvalue weighted by atomic mass is 10.1. The Balaban J connectivity index is 1.90. The van der Waals surface area contributed by atoms with E-state index in [2.05, 4.69) is 20.4 Å². The number of hydrogen-bond acceptors (Lipinski definition) is 3. The summed E-state index contributed by atoms with van der Waals surface area (Å²) in [7, 11) is 0. The smallest absolute Gasteiger partial charge is 0.406 e. The Labute approximate surface area is 173 Å². The third-order valence-corrected chi connectivity index (χ3v) is 3.74. The van der Waals surface area contributed by atoms with Crippen LogP contribution < -0.4 is 21.1 Å². The van der Waals surface area contributed by atoms with Crippen molar-refractivity contribution in [3.8, 4) is 5.75 Å². The van der Waals surface area contributed by atoms with Gasteiger partial charge in [0.05, 0.1) is 6.54 Å². The molecule has 0 radical (unpaired) electrons. The zero-order valence-corrected chi connectivity index (χ0v) is 17.0. The summed E-state index contributed by atoms with van der Waals surface area (Å²) in [5.41, 5.74) is 7.57. The molecule has 0 aliphatic rings. The number of benzene rings is 2. The van der Waals surface area contributed by atoms with Crippen molar-refractivity contribution in [1.29, 1.82) is 0 Å². The number of rotatable bonds is 6. The highest BCUT2D eigenvalue weighted by molar-refractivity contribution is 5.94. The van der Waals surface area contributed by atoms with E-state index in [9.17, 15) is 18.0 Å². The normalized spacial score (nSPS) is 12.4. The maximum Gasteiger partial charge on any atom is 0.573 e. The summed E-state index contributed by atoms with van der Waals surface area (Å²) < 4.78 is 40.3. The Morgan fingerprint density at radius 3 is 2.33 bits per heavy atom. The van der Waals surface area contributed by atoms with Crippen LogP contribution in [0.2, 0.25) is 0 Å². The Bertz CT molecular complexity index is 888. The van der Waals surface area contributed by atoms with Gasteiger partial charge in [0.15, 0.2) is 5.96 Å². The number of aliphatic imine (C=N–C) groups is 1. The van der Waals surface area contributed by atoms with Gasteiger partial charge in [0.1, 0.15) is 5.75 Å². The van der Waals surface area contributed by atoms with E-state index in [1.165, 1.54) is 24.3 Å². The molecule has 1 amide bonds. The van der Waals surface area contributed by atoms with Gasteiger partial charge in [0, 0.05) is 17.6 Å². The summed E-state index contributed by atoms with van der Waals surface area (Å²) in [5.74, 6) is -0.282. The molecule has 0 aliphatic heterocycles. The van der Waals surface area contributed by atoms with Crippen LogP contribution in [0, 0.1) is 0 Å². The van der Waals surface area contributed by atoms with Crippen molar-refractivity contribution >= 4 is 11.9 Å². The maximum atomic E-state index is 12.3. The van der Waals surface area contributed by atoms with Gasteiger partial charge in [0.25, 0.3) is 5.91 Å². The van der Waals surface area contributed by atoms with Crippen molar-refractivity contribution in [3.63, 3.8) is 0 Å². The molecule has 0 bridgehead atoms. The van der Waals surface area contributed by atoms with Crippen LogP contribution in [-0.2, 0) is 13.1 Å². The first-order valence-electron chi connectivity index (χ1n) is 9.21. The molecule has 0 atom stereocenters. The van der Waals surface area contributed by atoms with Crippen LogP contribution in [0.25, 0.3) is 0 Å². The van der Waals surface area contributed by atoms with Gasteiger partial charge in [-0.25, -0.2) is 4.99 Å². The Morgan fingerprint density at radius 2 is 1.73 bits per heavy atom. The molecule has 0 unspecified atom stereocenters. The van der Waals surface area contributed by atoms with E-state index in [1.807, 2.05) is 26.8 Å². The van der Waals surface area contributed by atoms with Gasteiger partial charge in [-0.05, 0) is 56.2 Å². The number of nitrogens with zero attached hydrogens (tertiary/aromatic N) is 1. The largest absolute Gasteiger partial charge is 0.573 e. The molecule has 2 aromatic carbocycles. The molecule has 0 spiro atoms. The SMILES string of the molecule is CC(C)(C)NC(=O)c1cccc(CN=C(N)NCc2ccc(OC(F)(F)F)cc2)c1. The summed E-state index contributed by atoms with van der Waals surface area (Å²) in [5, 5.41) is 5.79. The fourth-order valence-corrected chi connectivity index (χ4v) is 2.46. The fraction of sp³-hybridized carbons (Fsp3) is 0.333. The summed E-state index contributed by atoms with van der Waals surface area (Å²) in [4.78, 5) is 16.5. The van der Waals surface area contributed by atoms with E-state index in [0.29, 0.717) is 11.1 Å². The number of ether oxygens (including phenoxy) is 1. The Hall–Kier alpha value is -3.23. The first kappa shape index (κ1) is 23.1. The molecule has 30 heavy (non-hydrogen) atoms. The van der Waals surface area contributed by atoms with E-state index in [0.717, 1.165) is 5.56 Å². The monoisotopic (exact) mass is 422 g/mol. The van der Waals surface area contributed by atoms with Crippen LogP contribution in [0.5, 0.6) is 5.75 Å². The highest BCUT2D eigenvalue weighted by atomic mass is 19.4. The van der Waals surface area contributed by atoms with Crippen LogP contribution in [-0.4, -0.2) is 23.8 Å². The number of nitrogens with two attached hydrogens (primary N) is 1. The van der Waals surface area contributed by atoms with Gasteiger partial charge in [0.2, 0.25) is 0 Å². The van der Waals surface area contributed by atoms with Crippen molar-refractivity contribution in [2.75, 3.05) is 0 Å². The molecule has 4 N–H and O–H groups in total. The molecule has 0 fully saturated rings. The van der Waals surface area contributed by atoms with Gasteiger partial charge in [-0.3, -0.25) is 4.79 Å². The predicted octanol–water partition coefficient (Wildman–Crippen LogP) is 3.72. The summed E-state index contributed by atoms with van der Waals surface area (Å²) >= 11 is 0. The van der Waals surface area contributed by atoms with Crippen molar-refractivity contribution in [2.24, 2.45) is 10.7 Å². The minimum atomic E-state index is -4.72. The van der Waals surface area contributed by atoms with Gasteiger partial charge in [-0.2, -0.15) is 0 Å². The molecule has 2 rings (SSSR count). The first-order valence-corrected chi connectivity index (χ1v) is 9.21. The zero-order valence-electron chi connectivity index (χ0n) is 17.0. The Morgan fingerprint density at radius 1 is 1.07 bits per heavy atom. The number of carbonyl (C=O) groups excluding carboxylic acids is 1. The highest BCUT2D eigenvalue weighted by Crippen LogP contribution is 2.22. The number of alkyl halides is 3. The van der Waals surface area contributed by atoms with Gasteiger partial charge in [-0.15, -0.1) is 13.2 Å². The van der Waals surface area contributed by atoms with Gasteiger partial charge in [-0.1, -0.05) is 24.3 Å². The number of amides is 1. The number of guanidine groups is 1. The number of halogens is 3. The minimum absolute atomic E-state index is 0.169. The van der Waals surface area contributed by atoms with Crippen LogP contribution in [0.4, 0.5) is 13.2 Å². The first-order chi connectivity index (χ1) is 13.9. The molecule has 0 aliphatic carbocycles. The van der Waals surface area contributed by atoms with Crippen LogP contribution >= 0.6 is 0 Å². The van der Waals surface area contributed by atoms with E-state index in [1.54, 1.807) is 18.2 Å². The third-order valence-electron chi connectivity index (χ3n) is 3.74. The quantitative estimate of drug-likeness (QED) is 0.489. The lowest BCUT2D eigenvalue weighted by Gasteiger charge is -2.20. The average molecular weight is 422 g/mol. The number of carbonyl (C=O) groups is 1. The molecular weight excluding hydrogens is 397 g/mol. The molecule has 9 heteroatoms. The predicted molar refractivity (Wildman–Crippen MR) is 109 cm³/mol. The lowest BCUT2D eigenvalue weighted by Crippen LogP contribution is -2.40. The molecular formula is C21H25F3N4O2. The fourth-order valence-electron chi connectivity index (χ4n) is 2.46. The zero-order chi connectivity index (χ0) is 22.4. The summed E-state index contributed by atoms with van der Waals surface area (Å²) in [6.45, 7) is 6.27. The van der Waals surface area contributed by atoms with Gasteiger partial charge < -0.3 is 21.1 Å². The van der Waals surface area contributed by atoms with Crippen LogP contribution in [0.3, 0.4) is 0 Å². The van der Waals surface area contributed by atoms with E-state index in [-0.39, 0.29) is 36.2 Å². The number of nitrogens with one attached hydrogen (secondary N) is 2. The molecule has 2 aromatic rings. The second kappa shape index (κ2) is 9.51. The molecule has 0 saturated carbocycles. The molecule has 0 aromatic heterocycles. The van der Waals surface area contributed by atoms with Crippen molar-refractivity contribution in [2.45, 2.75) is 45.8 Å². The third kappa shape index (κ3) is 8.42. The van der Waals surface area contributed by atoms with Crippen LogP contribution in [0.1, 0.15) is 42.3 Å². The summed E-state index contributed by atoms with van der Waals surface area (Å²) in [6, 6.07) is 12.5. The second-order valence-corrected chi connectivity index (χ2v) is 7.65.